The van der Waals surface area contributed by atoms with Gasteiger partial charge in [0.05, 0.1) is 24.9 Å². The summed E-state index contributed by atoms with van der Waals surface area (Å²) in [4.78, 5) is 0. The number of ether oxygens (including phenoxy) is 2. The van der Waals surface area contributed by atoms with Crippen molar-refractivity contribution in [3.05, 3.63) is 30.0 Å². The van der Waals surface area contributed by atoms with Crippen LogP contribution < -0.4 is 0 Å². The fourth-order valence-corrected chi connectivity index (χ4v) is 2.41. The van der Waals surface area contributed by atoms with Gasteiger partial charge in [0.25, 0.3) is 0 Å². The summed E-state index contributed by atoms with van der Waals surface area (Å²) in [5, 5.41) is 5.65. The van der Waals surface area contributed by atoms with E-state index >= 15 is 0 Å². The van der Waals surface area contributed by atoms with E-state index in [9.17, 15) is 0 Å². The molecule has 1 fully saturated rings. The summed E-state index contributed by atoms with van der Waals surface area (Å²) < 4.78 is 12.9. The van der Waals surface area contributed by atoms with E-state index < -0.39 is 0 Å². The third-order valence-corrected chi connectivity index (χ3v) is 3.37. The van der Waals surface area contributed by atoms with E-state index in [1.807, 2.05) is 10.9 Å². The van der Waals surface area contributed by atoms with Gasteiger partial charge in [-0.05, 0) is 19.1 Å². The lowest BCUT2D eigenvalue weighted by Gasteiger charge is -2.17. The lowest BCUT2D eigenvalue weighted by molar-refractivity contribution is 0.0673. The van der Waals surface area contributed by atoms with Crippen LogP contribution in [-0.2, 0) is 9.47 Å². The molecule has 2 heterocycles. The Morgan fingerprint density at radius 3 is 3.12 bits per heavy atom. The highest BCUT2D eigenvalue weighted by atomic mass is 16.5. The minimum absolute atomic E-state index is 0.0967. The van der Waals surface area contributed by atoms with Crippen molar-refractivity contribution >= 4 is 10.9 Å². The third-order valence-electron chi connectivity index (χ3n) is 3.37. The molecular formula is C13H16N2O2. The molecule has 1 aliphatic heterocycles. The highest BCUT2D eigenvalue weighted by molar-refractivity contribution is 5.79. The van der Waals surface area contributed by atoms with Crippen molar-refractivity contribution in [1.29, 1.82) is 0 Å². The molecule has 90 valence electrons. The standard InChI is InChI=1S/C13H16N2O2/c1-9-3-4-11-10(5-9)6-14-15(11)12-7-17-8-13(12)16-2/h3-6,12-13H,7-8H2,1-2H3/t12-,13+/m1/s1. The number of methoxy groups -OCH3 is 1. The fourth-order valence-electron chi connectivity index (χ4n) is 2.41. The summed E-state index contributed by atoms with van der Waals surface area (Å²) in [6.07, 6.45) is 2.01. The monoisotopic (exact) mass is 232 g/mol. The number of aromatic nitrogens is 2. The minimum Gasteiger partial charge on any atom is -0.377 e. The first-order chi connectivity index (χ1) is 8.29. The largest absolute Gasteiger partial charge is 0.377 e. The molecule has 3 rings (SSSR count). The van der Waals surface area contributed by atoms with Crippen molar-refractivity contribution < 1.29 is 9.47 Å². The Morgan fingerprint density at radius 2 is 2.29 bits per heavy atom. The SMILES string of the molecule is CO[C@H]1COC[C@H]1n1ncc2cc(C)ccc21. The highest BCUT2D eigenvalue weighted by Crippen LogP contribution is 2.26. The third kappa shape index (κ3) is 1.73. The summed E-state index contributed by atoms with van der Waals surface area (Å²) in [5.74, 6) is 0. The van der Waals surface area contributed by atoms with E-state index in [4.69, 9.17) is 9.47 Å². The Hall–Kier alpha value is -1.39. The number of benzene rings is 1. The summed E-state index contributed by atoms with van der Waals surface area (Å²) in [5.41, 5.74) is 2.40. The first-order valence-corrected chi connectivity index (χ1v) is 5.84. The molecule has 17 heavy (non-hydrogen) atoms. The van der Waals surface area contributed by atoms with E-state index in [-0.39, 0.29) is 12.1 Å². The number of hydrogen-bond acceptors (Lipinski definition) is 3. The normalized spacial score (nSPS) is 24.6. The maximum atomic E-state index is 5.47. The number of aryl methyl sites for hydroxylation is 1. The van der Waals surface area contributed by atoms with Crippen molar-refractivity contribution in [2.75, 3.05) is 20.3 Å². The van der Waals surface area contributed by atoms with Gasteiger partial charge >= 0.3 is 0 Å². The smallest absolute Gasteiger partial charge is 0.105 e. The zero-order valence-corrected chi connectivity index (χ0v) is 10.1. The lowest BCUT2D eigenvalue weighted by atomic mass is 10.1. The van der Waals surface area contributed by atoms with Crippen LogP contribution >= 0.6 is 0 Å². The molecular weight excluding hydrogens is 216 g/mol. The first-order valence-electron chi connectivity index (χ1n) is 5.84. The summed E-state index contributed by atoms with van der Waals surface area (Å²) in [7, 11) is 1.72. The predicted octanol–water partition coefficient (Wildman–Crippen LogP) is 1.93. The van der Waals surface area contributed by atoms with Crippen LogP contribution in [0.2, 0.25) is 0 Å². The van der Waals surface area contributed by atoms with Crippen LogP contribution in [0.25, 0.3) is 10.9 Å². The van der Waals surface area contributed by atoms with Crippen LogP contribution in [0.3, 0.4) is 0 Å². The Balaban J connectivity index is 2.05. The molecule has 4 heteroatoms. The Morgan fingerprint density at radius 1 is 1.41 bits per heavy atom. The molecule has 0 radical (unpaired) electrons. The number of rotatable bonds is 2. The van der Waals surface area contributed by atoms with Crippen molar-refractivity contribution in [3.63, 3.8) is 0 Å². The maximum absolute atomic E-state index is 5.47. The summed E-state index contributed by atoms with van der Waals surface area (Å²) in [6, 6.07) is 6.55. The Labute approximate surface area is 100 Å². The van der Waals surface area contributed by atoms with Crippen LogP contribution in [0.15, 0.2) is 24.4 Å². The molecule has 0 spiro atoms. The van der Waals surface area contributed by atoms with Gasteiger partial charge in [0, 0.05) is 12.5 Å². The second kappa shape index (κ2) is 4.13. The number of fused-ring (bicyclic) bond motifs is 1. The van der Waals surface area contributed by atoms with Crippen LogP contribution in [0, 0.1) is 6.92 Å². The number of nitrogens with zero attached hydrogens (tertiary/aromatic N) is 2. The molecule has 2 aromatic rings. The van der Waals surface area contributed by atoms with E-state index in [1.54, 1.807) is 7.11 Å². The molecule has 4 nitrogen and oxygen atoms in total. The molecule has 2 atom stereocenters. The highest BCUT2D eigenvalue weighted by Gasteiger charge is 2.31. The molecule has 0 N–H and O–H groups in total. The predicted molar refractivity (Wildman–Crippen MR) is 65.1 cm³/mol. The van der Waals surface area contributed by atoms with Crippen LogP contribution in [0.4, 0.5) is 0 Å². The molecule has 0 bridgehead atoms. The van der Waals surface area contributed by atoms with Gasteiger partial charge in [-0.15, -0.1) is 0 Å². The van der Waals surface area contributed by atoms with E-state index in [0.29, 0.717) is 13.2 Å². The van der Waals surface area contributed by atoms with Gasteiger partial charge in [0.15, 0.2) is 0 Å². The van der Waals surface area contributed by atoms with Crippen molar-refractivity contribution in [3.8, 4) is 0 Å². The zero-order chi connectivity index (χ0) is 11.8. The average Bonchev–Trinajstić information content (AvgIpc) is 2.92. The van der Waals surface area contributed by atoms with Gasteiger partial charge in [-0.3, -0.25) is 4.68 Å². The second-order valence-corrected chi connectivity index (χ2v) is 4.53. The lowest BCUT2D eigenvalue weighted by Crippen LogP contribution is -2.25. The van der Waals surface area contributed by atoms with Gasteiger partial charge in [0.2, 0.25) is 0 Å². The first kappa shape index (κ1) is 10.7. The molecule has 0 aliphatic carbocycles. The van der Waals surface area contributed by atoms with E-state index in [2.05, 4.69) is 30.2 Å². The number of hydrogen-bond donors (Lipinski definition) is 0. The molecule has 0 unspecified atom stereocenters. The zero-order valence-electron chi connectivity index (χ0n) is 10.1. The van der Waals surface area contributed by atoms with Crippen molar-refractivity contribution in [2.45, 2.75) is 19.1 Å². The quantitative estimate of drug-likeness (QED) is 0.793. The van der Waals surface area contributed by atoms with Crippen molar-refractivity contribution in [2.24, 2.45) is 0 Å². The molecule has 1 saturated heterocycles. The van der Waals surface area contributed by atoms with Gasteiger partial charge in [-0.1, -0.05) is 11.6 Å². The fraction of sp³-hybridized carbons (Fsp3) is 0.462. The van der Waals surface area contributed by atoms with Crippen LogP contribution in [0.1, 0.15) is 11.6 Å². The maximum Gasteiger partial charge on any atom is 0.105 e. The molecule has 1 aliphatic rings. The molecule has 1 aromatic heterocycles. The average molecular weight is 232 g/mol. The Kier molecular flexibility index (Phi) is 2.61. The van der Waals surface area contributed by atoms with Gasteiger partial charge in [0.1, 0.15) is 12.1 Å². The van der Waals surface area contributed by atoms with Gasteiger partial charge < -0.3 is 9.47 Å². The minimum atomic E-state index is 0.0967. The second-order valence-electron chi connectivity index (χ2n) is 4.53. The van der Waals surface area contributed by atoms with Gasteiger partial charge in [-0.25, -0.2) is 0 Å². The summed E-state index contributed by atoms with van der Waals surface area (Å²) in [6.45, 7) is 3.41. The van der Waals surface area contributed by atoms with Crippen LogP contribution in [-0.4, -0.2) is 36.2 Å². The van der Waals surface area contributed by atoms with Crippen molar-refractivity contribution in [1.82, 2.24) is 9.78 Å². The topological polar surface area (TPSA) is 36.3 Å². The van der Waals surface area contributed by atoms with Gasteiger partial charge in [-0.2, -0.15) is 5.10 Å². The van der Waals surface area contributed by atoms with Crippen LogP contribution in [0.5, 0.6) is 0 Å². The molecule has 0 amide bonds. The Bertz CT molecular complexity index is 535. The molecule has 1 aromatic carbocycles. The van der Waals surface area contributed by atoms with E-state index in [1.165, 1.54) is 10.9 Å². The molecule has 0 saturated carbocycles. The summed E-state index contributed by atoms with van der Waals surface area (Å²) >= 11 is 0. The van der Waals surface area contributed by atoms with E-state index in [0.717, 1.165) is 5.52 Å².